The third-order valence-corrected chi connectivity index (χ3v) is 7.43. The van der Waals surface area contributed by atoms with Crippen LogP contribution in [-0.2, 0) is 6.42 Å². The molecule has 0 amide bonds. The summed E-state index contributed by atoms with van der Waals surface area (Å²) in [6.07, 6.45) is 11.2. The third-order valence-electron chi connectivity index (χ3n) is 7.13. The summed E-state index contributed by atoms with van der Waals surface area (Å²) in [6.45, 7) is 3.05. The van der Waals surface area contributed by atoms with Gasteiger partial charge in [0.25, 0.3) is 0 Å². The van der Waals surface area contributed by atoms with E-state index in [1.165, 1.54) is 0 Å². The predicted molar refractivity (Wildman–Crippen MR) is 133 cm³/mol. The van der Waals surface area contributed by atoms with E-state index in [1.54, 1.807) is 25.7 Å². The normalized spacial score (nSPS) is 17.1. The van der Waals surface area contributed by atoms with E-state index in [9.17, 15) is 10.2 Å². The van der Waals surface area contributed by atoms with Crippen molar-refractivity contribution in [2.75, 3.05) is 33.4 Å². The molecule has 3 heterocycles. The van der Waals surface area contributed by atoms with Crippen LogP contribution in [0.4, 0.5) is 0 Å². The van der Waals surface area contributed by atoms with Gasteiger partial charge in [0.15, 0.2) is 0 Å². The number of fused-ring (bicyclic) bond motifs is 1. The van der Waals surface area contributed by atoms with E-state index in [4.69, 9.17) is 16.3 Å². The molecule has 0 saturated carbocycles. The summed E-state index contributed by atoms with van der Waals surface area (Å²) in [7, 11) is 1.61. The fourth-order valence-electron chi connectivity index (χ4n) is 4.90. The zero-order chi connectivity index (χ0) is 24.0. The third kappa shape index (κ3) is 5.84. The summed E-state index contributed by atoms with van der Waals surface area (Å²) in [5.74, 6) is 0.698. The number of methoxy groups -OCH3 is 1. The average molecular weight is 485 g/mol. The summed E-state index contributed by atoms with van der Waals surface area (Å²) in [5.41, 5.74) is 2.30. The number of aliphatic hydroxyl groups excluding tert-OH is 2. The lowest BCUT2D eigenvalue weighted by Crippen LogP contribution is -2.42. The monoisotopic (exact) mass is 484 g/mol. The van der Waals surface area contributed by atoms with Gasteiger partial charge in [-0.3, -0.25) is 15.0 Å². The molecule has 7 nitrogen and oxygen atoms in total. The first-order chi connectivity index (χ1) is 16.5. The molecule has 8 heteroatoms. The molecular weight excluding hydrogens is 452 g/mol. The maximum atomic E-state index is 11.1. The van der Waals surface area contributed by atoms with Crippen molar-refractivity contribution in [1.29, 1.82) is 0 Å². The zero-order valence-electron chi connectivity index (χ0n) is 19.7. The van der Waals surface area contributed by atoms with Crippen LogP contribution in [0.25, 0.3) is 10.9 Å². The molecular formula is C26H33ClN4O3. The molecule has 1 aromatic carbocycles. The van der Waals surface area contributed by atoms with Crippen LogP contribution in [0.1, 0.15) is 49.5 Å². The molecule has 34 heavy (non-hydrogen) atoms. The first-order valence-corrected chi connectivity index (χ1v) is 12.3. The summed E-state index contributed by atoms with van der Waals surface area (Å²) in [5, 5.41) is 22.6. The van der Waals surface area contributed by atoms with Gasteiger partial charge in [0, 0.05) is 42.3 Å². The summed E-state index contributed by atoms with van der Waals surface area (Å²) < 4.78 is 5.35. The van der Waals surface area contributed by atoms with Gasteiger partial charge in [0.2, 0.25) is 0 Å². The largest absolute Gasteiger partial charge is 0.497 e. The summed E-state index contributed by atoms with van der Waals surface area (Å²) >= 11 is 6.47. The molecule has 1 aliphatic rings. The van der Waals surface area contributed by atoms with E-state index in [0.717, 1.165) is 68.3 Å². The molecule has 0 spiro atoms. The standard InChI is InChI=1S/C26H33ClN4O3/c1-34-20-4-5-23-21(15-20)25(22(27)17-30-23)24(33)6-7-26(18-32)8-13-31(14-9-26)12-2-3-19-16-28-10-11-29-19/h4-5,10-11,15-17,24,32-33H,2-3,6-9,12-14,18H2,1H3/t24-/m0/s1. The van der Waals surface area contributed by atoms with Gasteiger partial charge >= 0.3 is 0 Å². The highest BCUT2D eigenvalue weighted by Crippen LogP contribution is 2.40. The Morgan fingerprint density at radius 3 is 2.71 bits per heavy atom. The molecule has 182 valence electrons. The number of benzene rings is 1. The highest BCUT2D eigenvalue weighted by Gasteiger charge is 2.34. The van der Waals surface area contributed by atoms with E-state index < -0.39 is 6.10 Å². The molecule has 0 radical (unpaired) electrons. The van der Waals surface area contributed by atoms with E-state index in [1.807, 2.05) is 24.4 Å². The van der Waals surface area contributed by atoms with E-state index in [2.05, 4.69) is 19.9 Å². The number of nitrogens with zero attached hydrogens (tertiary/aromatic N) is 4. The van der Waals surface area contributed by atoms with Gasteiger partial charge in [-0.2, -0.15) is 0 Å². The highest BCUT2D eigenvalue weighted by molar-refractivity contribution is 6.32. The van der Waals surface area contributed by atoms with Gasteiger partial charge in [-0.25, -0.2) is 0 Å². The Labute approximate surface area is 205 Å². The number of likely N-dealkylation sites (tertiary alicyclic amines) is 1. The fourth-order valence-corrected chi connectivity index (χ4v) is 5.18. The Bertz CT molecular complexity index is 1070. The first-order valence-electron chi connectivity index (χ1n) is 11.9. The fraction of sp³-hybridized carbons (Fsp3) is 0.500. The van der Waals surface area contributed by atoms with Crippen LogP contribution in [-0.4, -0.2) is 63.4 Å². The van der Waals surface area contributed by atoms with E-state index in [-0.39, 0.29) is 12.0 Å². The van der Waals surface area contributed by atoms with Gasteiger partial charge < -0.3 is 19.8 Å². The molecule has 1 atom stereocenters. The van der Waals surface area contributed by atoms with Crippen LogP contribution in [0, 0.1) is 5.41 Å². The van der Waals surface area contributed by atoms with Gasteiger partial charge in [-0.15, -0.1) is 0 Å². The number of aryl methyl sites for hydroxylation is 1. The number of piperidine rings is 1. The van der Waals surface area contributed by atoms with Crippen molar-refractivity contribution >= 4 is 22.5 Å². The number of aromatic nitrogens is 3. The van der Waals surface area contributed by atoms with Gasteiger partial charge in [0.05, 0.1) is 29.4 Å². The smallest absolute Gasteiger partial charge is 0.119 e. The van der Waals surface area contributed by atoms with Crippen molar-refractivity contribution in [3.8, 4) is 5.75 Å². The van der Waals surface area contributed by atoms with Gasteiger partial charge in [-0.1, -0.05) is 11.6 Å². The van der Waals surface area contributed by atoms with Crippen LogP contribution in [0.3, 0.4) is 0 Å². The van der Waals surface area contributed by atoms with Gasteiger partial charge in [0.1, 0.15) is 5.75 Å². The molecule has 4 rings (SSSR count). The molecule has 1 saturated heterocycles. The second-order valence-corrected chi connectivity index (χ2v) is 9.66. The Balaban J connectivity index is 1.34. The lowest BCUT2D eigenvalue weighted by atomic mass is 9.74. The molecule has 0 bridgehead atoms. The number of halogens is 1. The number of hydrogen-bond donors (Lipinski definition) is 2. The summed E-state index contributed by atoms with van der Waals surface area (Å²) in [4.78, 5) is 15.3. The number of aliphatic hydroxyl groups is 2. The number of ether oxygens (including phenoxy) is 1. The Morgan fingerprint density at radius 1 is 1.18 bits per heavy atom. The second kappa shape index (κ2) is 11.4. The molecule has 2 aromatic heterocycles. The van der Waals surface area contributed by atoms with Crippen LogP contribution < -0.4 is 4.74 Å². The number of pyridine rings is 1. The lowest BCUT2D eigenvalue weighted by Gasteiger charge is -2.41. The number of hydrogen-bond acceptors (Lipinski definition) is 7. The topological polar surface area (TPSA) is 91.6 Å². The lowest BCUT2D eigenvalue weighted by molar-refractivity contribution is 0.0234. The Hall–Kier alpha value is -2.32. The molecule has 1 aliphatic heterocycles. The molecule has 3 aromatic rings. The van der Waals surface area contributed by atoms with Crippen molar-refractivity contribution in [2.45, 2.75) is 44.6 Å². The zero-order valence-corrected chi connectivity index (χ0v) is 20.4. The van der Waals surface area contributed by atoms with Gasteiger partial charge in [-0.05, 0) is 81.8 Å². The summed E-state index contributed by atoms with van der Waals surface area (Å²) in [6, 6.07) is 5.59. The average Bonchev–Trinajstić information content (AvgIpc) is 2.88. The number of rotatable bonds is 10. The van der Waals surface area contributed by atoms with Crippen LogP contribution >= 0.6 is 11.6 Å². The molecule has 0 aliphatic carbocycles. The Morgan fingerprint density at radius 2 is 2.00 bits per heavy atom. The minimum Gasteiger partial charge on any atom is -0.497 e. The van der Waals surface area contributed by atoms with E-state index >= 15 is 0 Å². The van der Waals surface area contributed by atoms with Crippen molar-refractivity contribution in [1.82, 2.24) is 19.9 Å². The van der Waals surface area contributed by atoms with Crippen molar-refractivity contribution in [3.05, 3.63) is 59.3 Å². The van der Waals surface area contributed by atoms with Crippen LogP contribution in [0.15, 0.2) is 43.0 Å². The molecule has 2 N–H and O–H groups in total. The quantitative estimate of drug-likeness (QED) is 0.445. The molecule has 1 fully saturated rings. The maximum absolute atomic E-state index is 11.1. The second-order valence-electron chi connectivity index (χ2n) is 9.26. The highest BCUT2D eigenvalue weighted by atomic mass is 35.5. The van der Waals surface area contributed by atoms with Crippen molar-refractivity contribution in [2.24, 2.45) is 5.41 Å². The predicted octanol–water partition coefficient (Wildman–Crippen LogP) is 4.21. The maximum Gasteiger partial charge on any atom is 0.119 e. The SMILES string of the molecule is COc1ccc2ncc(Cl)c([C@@H](O)CCC3(CO)CCN(CCCc4cnccn4)CC3)c2c1. The van der Waals surface area contributed by atoms with E-state index in [0.29, 0.717) is 22.8 Å². The van der Waals surface area contributed by atoms with Crippen LogP contribution in [0.5, 0.6) is 5.75 Å². The van der Waals surface area contributed by atoms with Crippen molar-refractivity contribution < 1.29 is 14.9 Å². The minimum absolute atomic E-state index is 0.131. The van der Waals surface area contributed by atoms with Crippen molar-refractivity contribution in [3.63, 3.8) is 0 Å². The first kappa shape index (κ1) is 24.8. The Kier molecular flexibility index (Phi) is 8.32. The molecule has 0 unspecified atom stereocenters. The minimum atomic E-state index is -0.737. The van der Waals surface area contributed by atoms with Crippen LogP contribution in [0.2, 0.25) is 5.02 Å².